The SMILES string of the molecule is CC(C)CSCCOC(=O)C=Cc1nc2ccccc2s1. The monoisotopic (exact) mass is 321 g/mol. The highest BCUT2D eigenvalue weighted by Gasteiger charge is 2.02. The minimum absolute atomic E-state index is 0.306. The van der Waals surface area contributed by atoms with Crippen LogP contribution in [0.4, 0.5) is 0 Å². The lowest BCUT2D eigenvalue weighted by Gasteiger charge is -2.04. The van der Waals surface area contributed by atoms with E-state index in [1.165, 1.54) is 6.08 Å². The van der Waals surface area contributed by atoms with Gasteiger partial charge in [-0.25, -0.2) is 9.78 Å². The van der Waals surface area contributed by atoms with Gasteiger partial charge in [-0.2, -0.15) is 11.8 Å². The second kappa shape index (κ2) is 8.20. The molecular formula is C16H19NO2S2. The molecule has 0 aliphatic rings. The fourth-order valence-corrected chi connectivity index (χ4v) is 3.38. The first-order valence-electron chi connectivity index (χ1n) is 6.93. The minimum Gasteiger partial charge on any atom is -0.462 e. The number of hydrogen-bond acceptors (Lipinski definition) is 5. The average molecular weight is 321 g/mol. The molecule has 2 aromatic rings. The number of carbonyl (C=O) groups excluding carboxylic acids is 1. The maximum Gasteiger partial charge on any atom is 0.330 e. The second-order valence-electron chi connectivity index (χ2n) is 4.99. The van der Waals surface area contributed by atoms with Gasteiger partial charge in [0, 0.05) is 11.8 Å². The second-order valence-corrected chi connectivity index (χ2v) is 7.20. The summed E-state index contributed by atoms with van der Waals surface area (Å²) in [6.07, 6.45) is 3.17. The van der Waals surface area contributed by atoms with Crippen LogP contribution < -0.4 is 0 Å². The van der Waals surface area contributed by atoms with E-state index in [2.05, 4.69) is 18.8 Å². The molecule has 0 N–H and O–H groups in total. The van der Waals surface area contributed by atoms with Crippen molar-refractivity contribution < 1.29 is 9.53 Å². The van der Waals surface area contributed by atoms with Gasteiger partial charge in [0.15, 0.2) is 0 Å². The first-order valence-corrected chi connectivity index (χ1v) is 8.90. The topological polar surface area (TPSA) is 39.2 Å². The molecule has 3 nitrogen and oxygen atoms in total. The van der Waals surface area contributed by atoms with Crippen LogP contribution in [0.5, 0.6) is 0 Å². The van der Waals surface area contributed by atoms with Gasteiger partial charge in [0.25, 0.3) is 0 Å². The molecule has 0 aliphatic carbocycles. The van der Waals surface area contributed by atoms with Gasteiger partial charge in [-0.05, 0) is 29.9 Å². The van der Waals surface area contributed by atoms with E-state index in [0.29, 0.717) is 12.5 Å². The number of rotatable bonds is 7. The molecule has 0 spiro atoms. The summed E-state index contributed by atoms with van der Waals surface area (Å²) in [5.74, 6) is 2.31. The average Bonchev–Trinajstić information content (AvgIpc) is 2.87. The van der Waals surface area contributed by atoms with Crippen molar-refractivity contribution in [2.24, 2.45) is 5.92 Å². The number of hydrogen-bond donors (Lipinski definition) is 0. The van der Waals surface area contributed by atoms with Crippen LogP contribution in [0.1, 0.15) is 18.9 Å². The summed E-state index contributed by atoms with van der Waals surface area (Å²) in [6.45, 7) is 4.82. The molecule has 0 bridgehead atoms. The van der Waals surface area contributed by atoms with E-state index in [-0.39, 0.29) is 5.97 Å². The number of ether oxygens (including phenoxy) is 1. The van der Waals surface area contributed by atoms with E-state index in [0.717, 1.165) is 26.7 Å². The zero-order valence-corrected chi connectivity index (χ0v) is 13.9. The van der Waals surface area contributed by atoms with Gasteiger partial charge >= 0.3 is 5.97 Å². The van der Waals surface area contributed by atoms with Gasteiger partial charge in [-0.3, -0.25) is 0 Å². The standard InChI is InChI=1S/C16H19NO2S2/c1-12(2)11-20-10-9-19-16(18)8-7-15-17-13-5-3-4-6-14(13)21-15/h3-8,12H,9-11H2,1-2H3. The normalized spacial score (nSPS) is 11.6. The lowest BCUT2D eigenvalue weighted by Crippen LogP contribution is -2.05. The van der Waals surface area contributed by atoms with Gasteiger partial charge in [0.2, 0.25) is 0 Å². The Morgan fingerprint density at radius 1 is 1.43 bits per heavy atom. The van der Waals surface area contributed by atoms with Crippen molar-refractivity contribution in [2.75, 3.05) is 18.1 Å². The van der Waals surface area contributed by atoms with Crippen molar-refractivity contribution in [1.82, 2.24) is 4.98 Å². The Balaban J connectivity index is 1.76. The largest absolute Gasteiger partial charge is 0.462 e. The predicted octanol–water partition coefficient (Wildman–Crippen LogP) is 4.24. The Morgan fingerprint density at radius 3 is 3.00 bits per heavy atom. The summed E-state index contributed by atoms with van der Waals surface area (Å²) in [4.78, 5) is 16.0. The van der Waals surface area contributed by atoms with Crippen LogP contribution in [0.2, 0.25) is 0 Å². The first kappa shape index (κ1) is 16.0. The Morgan fingerprint density at radius 2 is 2.24 bits per heavy atom. The van der Waals surface area contributed by atoms with Crippen LogP contribution >= 0.6 is 23.1 Å². The van der Waals surface area contributed by atoms with Crippen molar-refractivity contribution in [3.63, 3.8) is 0 Å². The van der Waals surface area contributed by atoms with Crippen LogP contribution in [0, 0.1) is 5.92 Å². The minimum atomic E-state index is -0.306. The van der Waals surface area contributed by atoms with Gasteiger partial charge in [0.05, 0.1) is 10.2 Å². The summed E-state index contributed by atoms with van der Waals surface area (Å²) in [7, 11) is 0. The number of nitrogens with zero attached hydrogens (tertiary/aromatic N) is 1. The van der Waals surface area contributed by atoms with E-state index in [1.807, 2.05) is 36.0 Å². The number of esters is 1. The molecule has 0 unspecified atom stereocenters. The molecule has 21 heavy (non-hydrogen) atoms. The molecule has 112 valence electrons. The summed E-state index contributed by atoms with van der Waals surface area (Å²) in [6, 6.07) is 7.93. The summed E-state index contributed by atoms with van der Waals surface area (Å²) >= 11 is 3.37. The molecule has 5 heteroatoms. The lowest BCUT2D eigenvalue weighted by molar-refractivity contribution is -0.137. The molecule has 0 saturated heterocycles. The van der Waals surface area contributed by atoms with E-state index in [1.54, 1.807) is 17.4 Å². The first-order chi connectivity index (χ1) is 10.1. The number of aromatic nitrogens is 1. The summed E-state index contributed by atoms with van der Waals surface area (Å²) in [5, 5.41) is 0.822. The zero-order chi connectivity index (χ0) is 15.1. The lowest BCUT2D eigenvalue weighted by atomic mass is 10.3. The highest BCUT2D eigenvalue weighted by atomic mass is 32.2. The fourth-order valence-electron chi connectivity index (χ4n) is 1.67. The maximum atomic E-state index is 11.6. The Hall–Kier alpha value is -1.33. The van der Waals surface area contributed by atoms with Crippen molar-refractivity contribution >= 4 is 45.4 Å². The van der Waals surface area contributed by atoms with Crippen LogP contribution in [0.3, 0.4) is 0 Å². The van der Waals surface area contributed by atoms with Crippen molar-refractivity contribution in [3.8, 4) is 0 Å². The molecule has 1 heterocycles. The Bertz CT molecular complexity index is 587. The molecule has 0 amide bonds. The maximum absolute atomic E-state index is 11.6. The van der Waals surface area contributed by atoms with Crippen molar-refractivity contribution in [1.29, 1.82) is 0 Å². The number of thiazole rings is 1. The highest BCUT2D eigenvalue weighted by Crippen LogP contribution is 2.22. The molecule has 0 saturated carbocycles. The van der Waals surface area contributed by atoms with Crippen LogP contribution in [0.25, 0.3) is 16.3 Å². The van der Waals surface area contributed by atoms with E-state index in [9.17, 15) is 4.79 Å². The van der Waals surface area contributed by atoms with Crippen LogP contribution in [-0.2, 0) is 9.53 Å². The van der Waals surface area contributed by atoms with Crippen molar-refractivity contribution in [2.45, 2.75) is 13.8 Å². The zero-order valence-electron chi connectivity index (χ0n) is 12.2. The van der Waals surface area contributed by atoms with E-state index < -0.39 is 0 Å². The Kier molecular flexibility index (Phi) is 6.26. The van der Waals surface area contributed by atoms with Crippen molar-refractivity contribution in [3.05, 3.63) is 35.3 Å². The molecule has 0 atom stereocenters. The smallest absolute Gasteiger partial charge is 0.330 e. The third-order valence-corrected chi connectivity index (χ3v) is 4.95. The third kappa shape index (κ3) is 5.52. The summed E-state index contributed by atoms with van der Waals surface area (Å²) < 4.78 is 6.27. The van der Waals surface area contributed by atoms with Gasteiger partial charge in [-0.1, -0.05) is 26.0 Å². The number of para-hydroxylation sites is 1. The van der Waals surface area contributed by atoms with Gasteiger partial charge < -0.3 is 4.74 Å². The molecule has 0 fully saturated rings. The van der Waals surface area contributed by atoms with E-state index in [4.69, 9.17) is 4.74 Å². The van der Waals surface area contributed by atoms with E-state index >= 15 is 0 Å². The third-order valence-electron chi connectivity index (χ3n) is 2.60. The highest BCUT2D eigenvalue weighted by molar-refractivity contribution is 7.99. The Labute approximate surface area is 133 Å². The molecule has 1 aromatic heterocycles. The molecular weight excluding hydrogens is 302 g/mol. The molecule has 0 radical (unpaired) electrons. The fraction of sp³-hybridized carbons (Fsp3) is 0.375. The quantitative estimate of drug-likeness (QED) is 0.434. The summed E-state index contributed by atoms with van der Waals surface area (Å²) in [5.41, 5.74) is 0.959. The van der Waals surface area contributed by atoms with Crippen LogP contribution in [0.15, 0.2) is 30.3 Å². The molecule has 0 aliphatic heterocycles. The number of thioether (sulfide) groups is 1. The predicted molar refractivity (Wildman–Crippen MR) is 91.8 cm³/mol. The number of benzene rings is 1. The van der Waals surface area contributed by atoms with Crippen LogP contribution in [-0.4, -0.2) is 29.1 Å². The number of carbonyl (C=O) groups is 1. The van der Waals surface area contributed by atoms with Gasteiger partial charge in [-0.15, -0.1) is 11.3 Å². The van der Waals surface area contributed by atoms with Gasteiger partial charge in [0.1, 0.15) is 11.6 Å². The molecule has 1 aromatic carbocycles. The molecule has 2 rings (SSSR count). The number of fused-ring (bicyclic) bond motifs is 1.